The van der Waals surface area contributed by atoms with Gasteiger partial charge in [-0.05, 0) is 29.8 Å². The highest BCUT2D eigenvalue weighted by molar-refractivity contribution is 9.10. The van der Waals surface area contributed by atoms with Crippen LogP contribution < -0.4 is 10.1 Å². The van der Waals surface area contributed by atoms with Crippen LogP contribution in [0.25, 0.3) is 6.08 Å². The number of rotatable bonds is 3. The van der Waals surface area contributed by atoms with Crippen LogP contribution in [-0.2, 0) is 0 Å². The van der Waals surface area contributed by atoms with Gasteiger partial charge in [-0.3, -0.25) is 0 Å². The van der Waals surface area contributed by atoms with E-state index in [9.17, 15) is 0 Å². The number of benzene rings is 1. The summed E-state index contributed by atoms with van der Waals surface area (Å²) in [5, 5.41) is 3.40. The third-order valence-corrected chi connectivity index (χ3v) is 2.98. The van der Waals surface area contributed by atoms with Crippen molar-refractivity contribution in [3.05, 3.63) is 33.8 Å². The number of ether oxygens (including phenoxy) is 1. The SMILES string of the molecule is CC(C)NCC1=Cc2cc(Br)ccc2OC1.Cl. The summed E-state index contributed by atoms with van der Waals surface area (Å²) >= 11 is 3.47. The molecule has 94 valence electrons. The van der Waals surface area contributed by atoms with Crippen molar-refractivity contribution in [2.45, 2.75) is 19.9 Å². The summed E-state index contributed by atoms with van der Waals surface area (Å²) in [5.41, 5.74) is 2.44. The zero-order valence-electron chi connectivity index (χ0n) is 10.00. The van der Waals surface area contributed by atoms with Crippen molar-refractivity contribution in [2.24, 2.45) is 0 Å². The minimum atomic E-state index is 0. The Hall–Kier alpha value is -0.510. The number of hydrogen-bond acceptors (Lipinski definition) is 2. The number of nitrogens with one attached hydrogen (secondary N) is 1. The maximum Gasteiger partial charge on any atom is 0.127 e. The van der Waals surface area contributed by atoms with E-state index in [0.717, 1.165) is 22.3 Å². The van der Waals surface area contributed by atoms with E-state index in [-0.39, 0.29) is 12.4 Å². The lowest BCUT2D eigenvalue weighted by Gasteiger charge is -2.19. The smallest absolute Gasteiger partial charge is 0.127 e. The first-order valence-electron chi connectivity index (χ1n) is 5.50. The van der Waals surface area contributed by atoms with Gasteiger partial charge in [0.2, 0.25) is 0 Å². The van der Waals surface area contributed by atoms with Crippen molar-refractivity contribution < 1.29 is 4.74 Å². The minimum Gasteiger partial charge on any atom is -0.489 e. The summed E-state index contributed by atoms with van der Waals surface area (Å²) in [5.74, 6) is 0.969. The summed E-state index contributed by atoms with van der Waals surface area (Å²) < 4.78 is 6.78. The van der Waals surface area contributed by atoms with Crippen LogP contribution in [0.1, 0.15) is 19.4 Å². The fourth-order valence-corrected chi connectivity index (χ4v) is 2.01. The van der Waals surface area contributed by atoms with Crippen molar-refractivity contribution in [1.82, 2.24) is 5.32 Å². The van der Waals surface area contributed by atoms with Gasteiger partial charge in [0.25, 0.3) is 0 Å². The minimum absolute atomic E-state index is 0. The molecule has 0 fully saturated rings. The standard InChI is InChI=1S/C13H16BrNO.ClH/c1-9(2)15-7-10-5-11-6-12(14)3-4-13(11)16-8-10;/h3-6,9,15H,7-8H2,1-2H3;1H. The van der Waals surface area contributed by atoms with Crippen molar-refractivity contribution in [1.29, 1.82) is 0 Å². The quantitative estimate of drug-likeness (QED) is 0.918. The highest BCUT2D eigenvalue weighted by Crippen LogP contribution is 2.28. The van der Waals surface area contributed by atoms with Crippen LogP contribution in [0.5, 0.6) is 5.75 Å². The summed E-state index contributed by atoms with van der Waals surface area (Å²) in [7, 11) is 0. The van der Waals surface area contributed by atoms with Gasteiger partial charge in [0.05, 0.1) is 0 Å². The second-order valence-electron chi connectivity index (χ2n) is 4.31. The monoisotopic (exact) mass is 317 g/mol. The molecule has 0 spiro atoms. The second-order valence-corrected chi connectivity index (χ2v) is 5.22. The Morgan fingerprint density at radius 2 is 2.18 bits per heavy atom. The molecule has 2 rings (SSSR count). The van der Waals surface area contributed by atoms with Gasteiger partial charge in [-0.1, -0.05) is 29.8 Å². The van der Waals surface area contributed by atoms with Gasteiger partial charge in [-0.2, -0.15) is 0 Å². The third kappa shape index (κ3) is 4.02. The van der Waals surface area contributed by atoms with E-state index in [0.29, 0.717) is 12.6 Å². The van der Waals surface area contributed by atoms with Gasteiger partial charge in [0, 0.05) is 22.6 Å². The molecule has 17 heavy (non-hydrogen) atoms. The maximum atomic E-state index is 5.69. The Labute approximate surface area is 117 Å². The first kappa shape index (κ1) is 14.6. The van der Waals surface area contributed by atoms with Crippen LogP contribution >= 0.6 is 28.3 Å². The molecule has 0 aromatic heterocycles. The van der Waals surface area contributed by atoms with Gasteiger partial charge in [-0.15, -0.1) is 12.4 Å². The third-order valence-electron chi connectivity index (χ3n) is 2.48. The number of fused-ring (bicyclic) bond motifs is 1. The molecule has 2 nitrogen and oxygen atoms in total. The van der Waals surface area contributed by atoms with Crippen LogP contribution in [0.3, 0.4) is 0 Å². The lowest BCUT2D eigenvalue weighted by atomic mass is 10.1. The molecule has 1 heterocycles. The van der Waals surface area contributed by atoms with Gasteiger partial charge in [0.1, 0.15) is 12.4 Å². The van der Waals surface area contributed by atoms with Crippen molar-refractivity contribution in [2.75, 3.05) is 13.2 Å². The lowest BCUT2D eigenvalue weighted by Crippen LogP contribution is -2.27. The van der Waals surface area contributed by atoms with Crippen LogP contribution in [0, 0.1) is 0 Å². The molecule has 1 aliphatic heterocycles. The Morgan fingerprint density at radius 1 is 1.41 bits per heavy atom. The Balaban J connectivity index is 0.00000144. The van der Waals surface area contributed by atoms with E-state index >= 15 is 0 Å². The molecular weight excluding hydrogens is 302 g/mol. The largest absolute Gasteiger partial charge is 0.489 e. The van der Waals surface area contributed by atoms with E-state index in [1.807, 2.05) is 12.1 Å². The molecule has 1 aliphatic rings. The Morgan fingerprint density at radius 3 is 2.88 bits per heavy atom. The van der Waals surface area contributed by atoms with E-state index in [4.69, 9.17) is 4.74 Å². The summed E-state index contributed by atoms with van der Waals surface area (Å²) in [6.45, 7) is 5.88. The summed E-state index contributed by atoms with van der Waals surface area (Å²) in [6, 6.07) is 6.60. The normalized spacial score (nSPS) is 13.5. The first-order valence-corrected chi connectivity index (χ1v) is 6.29. The maximum absolute atomic E-state index is 5.69. The molecule has 0 saturated carbocycles. The highest BCUT2D eigenvalue weighted by atomic mass is 79.9. The number of halogens is 2. The second kappa shape index (κ2) is 6.43. The predicted octanol–water partition coefficient (Wildman–Crippen LogP) is 3.64. The molecule has 0 amide bonds. The predicted molar refractivity (Wildman–Crippen MR) is 78.0 cm³/mol. The molecule has 1 aromatic carbocycles. The average molecular weight is 319 g/mol. The molecule has 4 heteroatoms. The van der Waals surface area contributed by atoms with Crippen molar-refractivity contribution >= 4 is 34.4 Å². The van der Waals surface area contributed by atoms with Crippen LogP contribution in [0.4, 0.5) is 0 Å². The van der Waals surface area contributed by atoms with Crippen LogP contribution in [0.15, 0.2) is 28.2 Å². The van der Waals surface area contributed by atoms with E-state index < -0.39 is 0 Å². The zero-order chi connectivity index (χ0) is 11.5. The lowest BCUT2D eigenvalue weighted by molar-refractivity contribution is 0.342. The molecule has 0 unspecified atom stereocenters. The van der Waals surface area contributed by atoms with E-state index in [1.54, 1.807) is 0 Å². The van der Waals surface area contributed by atoms with Crippen molar-refractivity contribution in [3.63, 3.8) is 0 Å². The first-order chi connectivity index (χ1) is 7.65. The molecule has 0 saturated heterocycles. The fraction of sp³-hybridized carbons (Fsp3) is 0.385. The van der Waals surface area contributed by atoms with Gasteiger partial charge < -0.3 is 10.1 Å². The van der Waals surface area contributed by atoms with Gasteiger partial charge in [-0.25, -0.2) is 0 Å². The molecule has 1 aromatic rings. The van der Waals surface area contributed by atoms with Crippen molar-refractivity contribution in [3.8, 4) is 5.75 Å². The van der Waals surface area contributed by atoms with Gasteiger partial charge >= 0.3 is 0 Å². The molecule has 0 atom stereocenters. The summed E-state index contributed by atoms with van der Waals surface area (Å²) in [6.07, 6.45) is 2.21. The fourth-order valence-electron chi connectivity index (χ4n) is 1.63. The molecular formula is C13H17BrClNO. The molecule has 1 N–H and O–H groups in total. The van der Waals surface area contributed by atoms with E-state index in [1.165, 1.54) is 5.57 Å². The Bertz CT molecular complexity index is 418. The Kier molecular flexibility index (Phi) is 5.50. The molecule has 0 bridgehead atoms. The molecule has 0 radical (unpaired) electrons. The van der Waals surface area contributed by atoms with E-state index in [2.05, 4.69) is 47.2 Å². The summed E-state index contributed by atoms with van der Waals surface area (Å²) in [4.78, 5) is 0. The zero-order valence-corrected chi connectivity index (χ0v) is 12.4. The average Bonchev–Trinajstić information content (AvgIpc) is 2.25. The topological polar surface area (TPSA) is 21.3 Å². The number of hydrogen-bond donors (Lipinski definition) is 1. The van der Waals surface area contributed by atoms with Crippen LogP contribution in [-0.4, -0.2) is 19.2 Å². The van der Waals surface area contributed by atoms with Crippen LogP contribution in [0.2, 0.25) is 0 Å². The van der Waals surface area contributed by atoms with Gasteiger partial charge in [0.15, 0.2) is 0 Å². The molecule has 0 aliphatic carbocycles. The highest BCUT2D eigenvalue weighted by Gasteiger charge is 2.11.